The van der Waals surface area contributed by atoms with Crippen LogP contribution in [0.1, 0.15) is 35.2 Å². The molecule has 146 valence electrons. The molecule has 1 aliphatic rings. The molecule has 1 amide bonds. The van der Waals surface area contributed by atoms with Crippen LogP contribution in [0, 0.1) is 6.92 Å². The van der Waals surface area contributed by atoms with Crippen LogP contribution in [0.2, 0.25) is 0 Å². The molecule has 0 radical (unpaired) electrons. The van der Waals surface area contributed by atoms with E-state index in [1.165, 1.54) is 11.1 Å². The molecule has 0 aliphatic carbocycles. The molecule has 0 saturated carbocycles. The number of benzene rings is 2. The monoisotopic (exact) mass is 402 g/mol. The summed E-state index contributed by atoms with van der Waals surface area (Å²) in [6, 6.07) is 18.5. The predicted octanol–water partition coefficient (Wildman–Crippen LogP) is 5.77. The highest BCUT2D eigenvalue weighted by Crippen LogP contribution is 2.35. The first-order valence-corrected chi connectivity index (χ1v) is 10.8. The van der Waals surface area contributed by atoms with Gasteiger partial charge in [-0.3, -0.25) is 4.79 Å². The number of hydrogen-bond donors (Lipinski definition) is 0. The minimum absolute atomic E-state index is 0.0720. The number of amides is 1. The number of aryl methyl sites for hydroxylation is 1. The van der Waals surface area contributed by atoms with Crippen molar-refractivity contribution < 1.29 is 9.21 Å². The Kier molecular flexibility index (Phi) is 4.68. The molecule has 1 atom stereocenters. The number of thiophene rings is 1. The maximum absolute atomic E-state index is 12.8. The van der Waals surface area contributed by atoms with E-state index < -0.39 is 0 Å². The fourth-order valence-electron chi connectivity index (χ4n) is 4.08. The molecule has 0 unspecified atom stereocenters. The maximum atomic E-state index is 12.8. The summed E-state index contributed by atoms with van der Waals surface area (Å²) in [6.07, 6.45) is 2.33. The van der Waals surface area contributed by atoms with Gasteiger partial charge in [-0.25, -0.2) is 4.98 Å². The highest BCUT2D eigenvalue weighted by Gasteiger charge is 2.33. The van der Waals surface area contributed by atoms with E-state index in [4.69, 9.17) is 9.40 Å². The molecule has 29 heavy (non-hydrogen) atoms. The summed E-state index contributed by atoms with van der Waals surface area (Å²) in [5, 5.41) is 2.01. The average molecular weight is 403 g/mol. The topological polar surface area (TPSA) is 46.3 Å². The Balaban J connectivity index is 1.43. The quantitative estimate of drug-likeness (QED) is 0.435. The molecule has 0 N–H and O–H groups in total. The van der Waals surface area contributed by atoms with Gasteiger partial charge in [0.25, 0.3) is 0 Å². The number of rotatable bonds is 4. The van der Waals surface area contributed by atoms with Gasteiger partial charge in [-0.05, 0) is 54.5 Å². The van der Waals surface area contributed by atoms with E-state index >= 15 is 0 Å². The zero-order valence-corrected chi connectivity index (χ0v) is 17.1. The van der Waals surface area contributed by atoms with Crippen LogP contribution in [0.15, 0.2) is 64.4 Å². The van der Waals surface area contributed by atoms with Crippen LogP contribution >= 0.6 is 11.3 Å². The second-order valence-electron chi connectivity index (χ2n) is 7.61. The summed E-state index contributed by atoms with van der Waals surface area (Å²) in [7, 11) is 0. The van der Waals surface area contributed by atoms with Gasteiger partial charge in [-0.15, -0.1) is 11.3 Å². The number of aromatic nitrogens is 1. The standard InChI is InChI=1S/C24H22N2O2S/c1-16-5-2-6-17(13-16)18-9-10-22-20(14-18)25-24(28-22)21-8-3-11-26(21)23(27)15-19-7-4-12-29-19/h2,4-7,9-10,12-14,21H,3,8,11,15H2,1H3/t21-/m1/s1. The highest BCUT2D eigenvalue weighted by molar-refractivity contribution is 7.10. The lowest BCUT2D eigenvalue weighted by Gasteiger charge is -2.22. The molecule has 0 spiro atoms. The van der Waals surface area contributed by atoms with Gasteiger partial charge < -0.3 is 9.32 Å². The summed E-state index contributed by atoms with van der Waals surface area (Å²) in [5.41, 5.74) is 5.14. The fourth-order valence-corrected chi connectivity index (χ4v) is 4.77. The van der Waals surface area contributed by atoms with E-state index in [0.29, 0.717) is 12.3 Å². The van der Waals surface area contributed by atoms with Crippen molar-refractivity contribution in [2.24, 2.45) is 0 Å². The summed E-state index contributed by atoms with van der Waals surface area (Å²) in [4.78, 5) is 20.7. The van der Waals surface area contributed by atoms with Crippen LogP contribution in [0.3, 0.4) is 0 Å². The van der Waals surface area contributed by atoms with Crippen LogP contribution in [-0.2, 0) is 11.2 Å². The Hall–Kier alpha value is -2.92. The molecule has 1 fully saturated rings. The van der Waals surface area contributed by atoms with Crippen molar-refractivity contribution in [2.75, 3.05) is 6.54 Å². The second-order valence-corrected chi connectivity index (χ2v) is 8.64. The third kappa shape index (κ3) is 3.58. The van der Waals surface area contributed by atoms with Gasteiger partial charge >= 0.3 is 0 Å². The van der Waals surface area contributed by atoms with Crippen LogP contribution in [0.5, 0.6) is 0 Å². The summed E-state index contributed by atoms with van der Waals surface area (Å²) >= 11 is 1.62. The minimum Gasteiger partial charge on any atom is -0.438 e. The lowest BCUT2D eigenvalue weighted by atomic mass is 10.0. The zero-order chi connectivity index (χ0) is 19.8. The molecule has 1 aliphatic heterocycles. The van der Waals surface area contributed by atoms with E-state index in [1.807, 2.05) is 28.5 Å². The maximum Gasteiger partial charge on any atom is 0.228 e. The normalized spacial score (nSPS) is 16.6. The minimum atomic E-state index is -0.0720. The molecular weight excluding hydrogens is 380 g/mol. The zero-order valence-electron chi connectivity index (χ0n) is 16.3. The molecule has 0 bridgehead atoms. The Bertz CT molecular complexity index is 1160. The lowest BCUT2D eigenvalue weighted by Crippen LogP contribution is -2.31. The van der Waals surface area contributed by atoms with Gasteiger partial charge in [0.15, 0.2) is 5.58 Å². The van der Waals surface area contributed by atoms with E-state index in [2.05, 4.69) is 43.3 Å². The molecule has 3 heterocycles. The highest BCUT2D eigenvalue weighted by atomic mass is 32.1. The molecule has 2 aromatic heterocycles. The van der Waals surface area contributed by atoms with Crippen LogP contribution < -0.4 is 0 Å². The Morgan fingerprint density at radius 1 is 1.17 bits per heavy atom. The molecule has 2 aromatic carbocycles. The molecule has 1 saturated heterocycles. The smallest absolute Gasteiger partial charge is 0.228 e. The van der Waals surface area contributed by atoms with Crippen molar-refractivity contribution in [1.29, 1.82) is 0 Å². The van der Waals surface area contributed by atoms with Crippen LogP contribution in [0.4, 0.5) is 0 Å². The third-order valence-electron chi connectivity index (χ3n) is 5.52. The van der Waals surface area contributed by atoms with Gasteiger partial charge in [-0.2, -0.15) is 0 Å². The van der Waals surface area contributed by atoms with Crippen LogP contribution in [-0.4, -0.2) is 22.3 Å². The van der Waals surface area contributed by atoms with Crippen LogP contribution in [0.25, 0.3) is 22.2 Å². The third-order valence-corrected chi connectivity index (χ3v) is 6.40. The van der Waals surface area contributed by atoms with Gasteiger partial charge in [-0.1, -0.05) is 42.0 Å². The summed E-state index contributed by atoms with van der Waals surface area (Å²) < 4.78 is 6.08. The second kappa shape index (κ2) is 7.48. The number of carbonyl (C=O) groups is 1. The number of nitrogens with zero attached hydrogens (tertiary/aromatic N) is 2. The Labute approximate surface area is 173 Å². The summed E-state index contributed by atoms with van der Waals surface area (Å²) in [5.74, 6) is 0.802. The van der Waals surface area contributed by atoms with E-state index in [1.54, 1.807) is 11.3 Å². The van der Waals surface area contributed by atoms with Crippen molar-refractivity contribution in [3.05, 3.63) is 76.3 Å². The van der Waals surface area contributed by atoms with Gasteiger partial charge in [0.2, 0.25) is 11.8 Å². The Morgan fingerprint density at radius 3 is 2.90 bits per heavy atom. The first kappa shape index (κ1) is 18.1. The molecule has 5 rings (SSSR count). The lowest BCUT2D eigenvalue weighted by molar-refractivity contribution is -0.131. The van der Waals surface area contributed by atoms with Crippen molar-refractivity contribution in [2.45, 2.75) is 32.2 Å². The number of hydrogen-bond acceptors (Lipinski definition) is 4. The number of oxazole rings is 1. The fraction of sp³-hybridized carbons (Fsp3) is 0.250. The van der Waals surface area contributed by atoms with Gasteiger partial charge in [0, 0.05) is 11.4 Å². The molecule has 4 nitrogen and oxygen atoms in total. The van der Waals surface area contributed by atoms with Gasteiger partial charge in [0.05, 0.1) is 6.42 Å². The molecule has 5 heteroatoms. The van der Waals surface area contributed by atoms with Crippen molar-refractivity contribution in [1.82, 2.24) is 9.88 Å². The summed E-state index contributed by atoms with van der Waals surface area (Å²) in [6.45, 7) is 2.86. The molecule has 4 aromatic rings. The largest absolute Gasteiger partial charge is 0.438 e. The average Bonchev–Trinajstić information content (AvgIpc) is 3.47. The van der Waals surface area contributed by atoms with E-state index in [0.717, 1.165) is 40.9 Å². The SMILES string of the molecule is Cc1cccc(-c2ccc3oc([C@H]4CCCN4C(=O)Cc4cccs4)nc3c2)c1. The number of likely N-dealkylation sites (tertiary alicyclic amines) is 1. The van der Waals surface area contributed by atoms with E-state index in [9.17, 15) is 4.79 Å². The predicted molar refractivity (Wildman–Crippen MR) is 116 cm³/mol. The first-order valence-electron chi connectivity index (χ1n) is 9.97. The first-order chi connectivity index (χ1) is 14.2. The van der Waals surface area contributed by atoms with Gasteiger partial charge in [0.1, 0.15) is 11.6 Å². The van der Waals surface area contributed by atoms with Crippen molar-refractivity contribution in [3.63, 3.8) is 0 Å². The van der Waals surface area contributed by atoms with Crippen molar-refractivity contribution in [3.8, 4) is 11.1 Å². The Morgan fingerprint density at radius 2 is 2.07 bits per heavy atom. The number of carbonyl (C=O) groups excluding carboxylic acids is 1. The molecular formula is C24H22N2O2S. The van der Waals surface area contributed by atoms with Crippen molar-refractivity contribution >= 4 is 28.3 Å². The number of fused-ring (bicyclic) bond motifs is 1. The van der Waals surface area contributed by atoms with E-state index in [-0.39, 0.29) is 11.9 Å².